The van der Waals surface area contributed by atoms with E-state index in [9.17, 15) is 5.11 Å². The van der Waals surface area contributed by atoms with Gasteiger partial charge in [0.1, 0.15) is 0 Å². The van der Waals surface area contributed by atoms with Crippen molar-refractivity contribution in [2.75, 3.05) is 6.54 Å². The second kappa shape index (κ2) is 4.31. The van der Waals surface area contributed by atoms with Crippen molar-refractivity contribution in [3.63, 3.8) is 0 Å². The predicted octanol–water partition coefficient (Wildman–Crippen LogP) is 2.11. The highest BCUT2D eigenvalue weighted by Crippen LogP contribution is 2.58. The van der Waals surface area contributed by atoms with Gasteiger partial charge >= 0.3 is 0 Å². The molecular weight excluding hydrogens is 250 g/mol. The molecule has 5 rings (SSSR count). The van der Waals surface area contributed by atoms with E-state index in [1.54, 1.807) is 0 Å². The van der Waals surface area contributed by atoms with Crippen LogP contribution >= 0.6 is 0 Å². The number of nitrogens with zero attached hydrogens (tertiary/aromatic N) is 2. The van der Waals surface area contributed by atoms with E-state index < -0.39 is 6.10 Å². The quantitative estimate of drug-likeness (QED) is 0.888. The van der Waals surface area contributed by atoms with Gasteiger partial charge in [-0.3, -0.25) is 4.68 Å². The highest BCUT2D eigenvalue weighted by molar-refractivity contribution is 5.21. The molecule has 4 nitrogen and oxygen atoms in total. The Morgan fingerprint density at radius 1 is 1.30 bits per heavy atom. The first-order valence-electron chi connectivity index (χ1n) is 8.04. The van der Waals surface area contributed by atoms with E-state index in [1.807, 2.05) is 6.92 Å². The summed E-state index contributed by atoms with van der Waals surface area (Å²) in [5.74, 6) is 2.73. The number of aliphatic hydroxyl groups is 1. The number of hydrogen-bond acceptors (Lipinski definition) is 3. The van der Waals surface area contributed by atoms with Crippen molar-refractivity contribution in [1.82, 2.24) is 9.78 Å². The summed E-state index contributed by atoms with van der Waals surface area (Å²) in [5, 5.41) is 14.8. The fourth-order valence-electron chi connectivity index (χ4n) is 5.52. The lowest BCUT2D eigenvalue weighted by Gasteiger charge is -2.56. The van der Waals surface area contributed by atoms with Gasteiger partial charge in [-0.2, -0.15) is 5.10 Å². The lowest BCUT2D eigenvalue weighted by atomic mass is 9.53. The Labute approximate surface area is 120 Å². The topological polar surface area (TPSA) is 64.1 Å². The molecule has 0 aromatic carbocycles. The molecule has 4 aliphatic rings. The van der Waals surface area contributed by atoms with Crippen molar-refractivity contribution in [3.8, 4) is 0 Å². The monoisotopic (exact) mass is 275 g/mol. The van der Waals surface area contributed by atoms with Crippen LogP contribution in [0.3, 0.4) is 0 Å². The van der Waals surface area contributed by atoms with Gasteiger partial charge < -0.3 is 10.8 Å². The van der Waals surface area contributed by atoms with Crippen molar-refractivity contribution >= 4 is 0 Å². The molecule has 1 aromatic rings. The van der Waals surface area contributed by atoms with Crippen LogP contribution in [0.5, 0.6) is 0 Å². The summed E-state index contributed by atoms with van der Waals surface area (Å²) in [5.41, 5.74) is 7.71. The molecule has 0 spiro atoms. The average molecular weight is 275 g/mol. The van der Waals surface area contributed by atoms with Gasteiger partial charge in [-0.15, -0.1) is 0 Å². The smallest absolute Gasteiger partial charge is 0.0945 e. The number of rotatable bonds is 3. The van der Waals surface area contributed by atoms with Crippen LogP contribution in [-0.4, -0.2) is 21.4 Å². The summed E-state index contributed by atoms with van der Waals surface area (Å²) < 4.78 is 2.21. The van der Waals surface area contributed by atoms with Crippen LogP contribution in [0, 0.1) is 24.7 Å². The van der Waals surface area contributed by atoms with Gasteiger partial charge in [0.15, 0.2) is 0 Å². The van der Waals surface area contributed by atoms with Gasteiger partial charge in [-0.25, -0.2) is 0 Å². The predicted molar refractivity (Wildman–Crippen MR) is 77.1 cm³/mol. The summed E-state index contributed by atoms with van der Waals surface area (Å²) in [4.78, 5) is 0. The molecule has 4 bridgehead atoms. The molecule has 0 radical (unpaired) electrons. The van der Waals surface area contributed by atoms with Gasteiger partial charge in [0.05, 0.1) is 17.3 Å². The van der Waals surface area contributed by atoms with E-state index in [1.165, 1.54) is 38.5 Å². The maximum Gasteiger partial charge on any atom is 0.0945 e. The van der Waals surface area contributed by atoms with Gasteiger partial charge in [-0.1, -0.05) is 0 Å². The zero-order valence-corrected chi connectivity index (χ0v) is 12.3. The third kappa shape index (κ3) is 1.77. The zero-order valence-electron chi connectivity index (χ0n) is 12.3. The minimum Gasteiger partial charge on any atom is -0.387 e. The van der Waals surface area contributed by atoms with Crippen LogP contribution in [0.15, 0.2) is 6.20 Å². The minimum atomic E-state index is -0.572. The van der Waals surface area contributed by atoms with E-state index in [4.69, 9.17) is 10.8 Å². The molecule has 4 saturated carbocycles. The molecule has 1 unspecified atom stereocenters. The van der Waals surface area contributed by atoms with E-state index >= 15 is 0 Å². The van der Waals surface area contributed by atoms with Crippen molar-refractivity contribution in [2.45, 2.75) is 57.1 Å². The van der Waals surface area contributed by atoms with E-state index in [0.29, 0.717) is 0 Å². The van der Waals surface area contributed by atoms with Crippen LogP contribution < -0.4 is 5.73 Å². The normalized spacial score (nSPS) is 40.2. The van der Waals surface area contributed by atoms with Gasteiger partial charge in [0.25, 0.3) is 0 Å². The summed E-state index contributed by atoms with van der Waals surface area (Å²) in [7, 11) is 0. The molecule has 110 valence electrons. The van der Waals surface area contributed by atoms with Crippen molar-refractivity contribution in [3.05, 3.63) is 17.5 Å². The number of aromatic nitrogens is 2. The van der Waals surface area contributed by atoms with Gasteiger partial charge in [0, 0.05) is 18.3 Å². The summed E-state index contributed by atoms with van der Waals surface area (Å²) in [6, 6.07) is 0. The van der Waals surface area contributed by atoms with E-state index in [2.05, 4.69) is 10.9 Å². The molecule has 0 aliphatic heterocycles. The molecule has 1 aromatic heterocycles. The second-order valence-corrected chi connectivity index (χ2v) is 7.51. The average Bonchev–Trinajstić information content (AvgIpc) is 2.79. The lowest BCUT2D eigenvalue weighted by Crippen LogP contribution is -2.52. The van der Waals surface area contributed by atoms with Crippen LogP contribution in [-0.2, 0) is 5.54 Å². The van der Waals surface area contributed by atoms with Crippen LogP contribution in [0.25, 0.3) is 0 Å². The Kier molecular flexibility index (Phi) is 2.77. The zero-order chi connectivity index (χ0) is 13.9. The Morgan fingerprint density at radius 3 is 2.35 bits per heavy atom. The largest absolute Gasteiger partial charge is 0.387 e. The third-order valence-corrected chi connectivity index (χ3v) is 6.01. The van der Waals surface area contributed by atoms with E-state index in [-0.39, 0.29) is 12.1 Å². The highest BCUT2D eigenvalue weighted by Gasteiger charge is 2.52. The number of aryl methyl sites for hydroxylation is 1. The summed E-state index contributed by atoms with van der Waals surface area (Å²) in [6.07, 6.45) is 9.71. The lowest BCUT2D eigenvalue weighted by molar-refractivity contribution is -0.0496. The van der Waals surface area contributed by atoms with E-state index in [0.717, 1.165) is 29.0 Å². The van der Waals surface area contributed by atoms with Gasteiger partial charge in [-0.05, 0) is 63.2 Å². The fraction of sp³-hybridized carbons (Fsp3) is 0.812. The first kappa shape index (κ1) is 12.8. The molecule has 4 aliphatic carbocycles. The molecule has 0 amide bonds. The Morgan fingerprint density at radius 2 is 1.85 bits per heavy atom. The standard InChI is InChI=1S/C16H25N3O/c1-10-14(15(20)8-17)9-19(18-10)16-5-11-2-12(6-16)4-13(3-11)7-16/h9,11-13,15,20H,2-8,17H2,1H3. The Hall–Kier alpha value is -0.870. The molecule has 0 saturated heterocycles. The number of nitrogens with two attached hydrogens (primary N) is 1. The molecule has 4 fully saturated rings. The first-order chi connectivity index (χ1) is 9.59. The molecule has 1 atom stereocenters. The highest BCUT2D eigenvalue weighted by atomic mass is 16.3. The van der Waals surface area contributed by atoms with Crippen LogP contribution in [0.2, 0.25) is 0 Å². The molecule has 3 N–H and O–H groups in total. The maximum atomic E-state index is 10.0. The number of hydrogen-bond donors (Lipinski definition) is 2. The van der Waals surface area contributed by atoms with Crippen LogP contribution in [0.1, 0.15) is 55.9 Å². The molecule has 1 heterocycles. The van der Waals surface area contributed by atoms with Crippen molar-refractivity contribution in [1.29, 1.82) is 0 Å². The summed E-state index contributed by atoms with van der Waals surface area (Å²) >= 11 is 0. The second-order valence-electron chi connectivity index (χ2n) is 7.51. The van der Waals surface area contributed by atoms with Crippen molar-refractivity contribution in [2.24, 2.45) is 23.5 Å². The van der Waals surface area contributed by atoms with Gasteiger partial charge in [0.2, 0.25) is 0 Å². The minimum absolute atomic E-state index is 0.242. The van der Waals surface area contributed by atoms with Crippen LogP contribution in [0.4, 0.5) is 0 Å². The third-order valence-electron chi connectivity index (χ3n) is 6.01. The Balaban J connectivity index is 1.70. The Bertz CT molecular complexity index is 487. The maximum absolute atomic E-state index is 10.0. The molecular formula is C16H25N3O. The van der Waals surface area contributed by atoms with Crippen molar-refractivity contribution < 1.29 is 5.11 Å². The number of aliphatic hydroxyl groups excluding tert-OH is 1. The molecule has 4 heteroatoms. The molecule has 20 heavy (non-hydrogen) atoms. The fourth-order valence-corrected chi connectivity index (χ4v) is 5.52. The first-order valence-corrected chi connectivity index (χ1v) is 8.04. The SMILES string of the molecule is Cc1nn(C23CC4CC(CC(C4)C2)C3)cc1C(O)CN. The summed E-state index contributed by atoms with van der Waals surface area (Å²) in [6.45, 7) is 2.26.